The predicted octanol–water partition coefficient (Wildman–Crippen LogP) is 3.32. The van der Waals surface area contributed by atoms with Gasteiger partial charge in [0.05, 0.1) is 33.7 Å². The van der Waals surface area contributed by atoms with Crippen molar-refractivity contribution in [3.63, 3.8) is 0 Å². The van der Waals surface area contributed by atoms with Crippen molar-refractivity contribution in [2.75, 3.05) is 49.5 Å². The van der Waals surface area contributed by atoms with E-state index in [0.717, 1.165) is 62.6 Å². The van der Waals surface area contributed by atoms with Gasteiger partial charge in [0.2, 0.25) is 27.8 Å². The largest absolute Gasteiger partial charge is 0.388 e. The van der Waals surface area contributed by atoms with Gasteiger partial charge in [0.25, 0.3) is 17.4 Å². The van der Waals surface area contributed by atoms with Gasteiger partial charge < -0.3 is 20.2 Å². The molecule has 3 aromatic rings. The van der Waals surface area contributed by atoms with Crippen molar-refractivity contribution in [3.8, 4) is 0 Å². The number of piperidine rings is 4. The van der Waals surface area contributed by atoms with Crippen molar-refractivity contribution in [2.24, 2.45) is 5.41 Å². The molecular weight excluding hydrogens is 846 g/mol. The van der Waals surface area contributed by atoms with Crippen LogP contribution < -0.4 is 21.1 Å². The number of carbonyl (C=O) groups excluding carboxylic acids is 4. The molecule has 5 aliphatic heterocycles. The number of fused-ring (bicyclic) bond motifs is 2. The van der Waals surface area contributed by atoms with E-state index in [4.69, 9.17) is 4.98 Å². The first-order chi connectivity index (χ1) is 30.6. The van der Waals surface area contributed by atoms with Crippen LogP contribution in [-0.4, -0.2) is 134 Å². The number of carbonyl (C=O) groups is 4. The van der Waals surface area contributed by atoms with Crippen LogP contribution in [-0.2, 0) is 19.6 Å². The molecule has 4 saturated heterocycles. The second-order valence-electron chi connectivity index (χ2n) is 19.6. The highest BCUT2D eigenvalue weighted by Crippen LogP contribution is 2.49. The van der Waals surface area contributed by atoms with Gasteiger partial charge in [-0.05, 0) is 127 Å². The minimum atomic E-state index is -3.50. The molecular formula is C45H56FN9O8S. The molecule has 7 aliphatic rings. The summed E-state index contributed by atoms with van der Waals surface area (Å²) in [5.41, 5.74) is -0.385. The molecule has 2 aromatic heterocycles. The Morgan fingerprint density at radius 1 is 0.859 bits per heavy atom. The minimum absolute atomic E-state index is 0.00645. The molecule has 342 valence electrons. The maximum Gasteiger partial charge on any atom is 0.262 e. The summed E-state index contributed by atoms with van der Waals surface area (Å²) < 4.78 is 46.8. The summed E-state index contributed by atoms with van der Waals surface area (Å²) in [6.45, 7) is 5.19. The van der Waals surface area contributed by atoms with Crippen LogP contribution in [0.1, 0.15) is 124 Å². The first kappa shape index (κ1) is 43.1. The van der Waals surface area contributed by atoms with Crippen molar-refractivity contribution < 1.29 is 37.1 Å². The Hall–Kier alpha value is -4.85. The van der Waals surface area contributed by atoms with E-state index < -0.39 is 56.4 Å². The Bertz CT molecular complexity index is 2580. The number of pyridine rings is 1. The molecule has 3 unspecified atom stereocenters. The van der Waals surface area contributed by atoms with Crippen LogP contribution in [0.3, 0.4) is 0 Å². The van der Waals surface area contributed by atoms with Crippen LogP contribution in [0.2, 0.25) is 0 Å². The third-order valence-corrected chi connectivity index (χ3v) is 18.2. The molecule has 1 spiro atoms. The second-order valence-corrected chi connectivity index (χ2v) is 21.8. The highest BCUT2D eigenvalue weighted by Gasteiger charge is 2.48. The summed E-state index contributed by atoms with van der Waals surface area (Å²) in [4.78, 5) is 78.3. The van der Waals surface area contributed by atoms with Gasteiger partial charge in [-0.15, -0.1) is 0 Å². The van der Waals surface area contributed by atoms with Gasteiger partial charge in [-0.25, -0.2) is 22.1 Å². The van der Waals surface area contributed by atoms with Crippen LogP contribution in [0.25, 0.3) is 11.0 Å². The first-order valence-electron chi connectivity index (χ1n) is 23.0. The summed E-state index contributed by atoms with van der Waals surface area (Å²) in [5, 5.41) is 16.9. The Morgan fingerprint density at radius 3 is 2.27 bits per heavy atom. The molecule has 2 aliphatic carbocycles. The zero-order valence-corrected chi connectivity index (χ0v) is 37.0. The smallest absolute Gasteiger partial charge is 0.262 e. The lowest BCUT2D eigenvalue weighted by Crippen LogP contribution is -2.54. The van der Waals surface area contributed by atoms with Gasteiger partial charge in [-0.3, -0.25) is 38.8 Å². The Labute approximate surface area is 370 Å². The standard InChI is InChI=1S/C45H56FN9O8S/c1-44(61)13-2-3-36(44)55-38(57)7-4-27-26-47-43(50-39(27)55)48-28-9-19-53(20-10-28)64(62,63)30-11-17-51(18-12-30)29-8-14-45(25-29)15-21-52(22-16-45)35-24-32-31(23-33(35)46)41(59)54(42(32)60)34-5-6-37(56)49-40(34)58/h4,7,23-24,26,28-30,34,36,61H,2-3,5-6,8-22,25H2,1H3,(H,47,48,50)(H,49,56,58)/t29?,34?,36?,44-/m1/s1. The zero-order chi connectivity index (χ0) is 44.7. The predicted molar refractivity (Wildman–Crippen MR) is 234 cm³/mol. The number of nitrogens with one attached hydrogen (secondary N) is 2. The number of aromatic nitrogens is 3. The van der Waals surface area contributed by atoms with E-state index in [0.29, 0.717) is 87.7 Å². The molecule has 64 heavy (non-hydrogen) atoms. The van der Waals surface area contributed by atoms with Crippen LogP contribution in [0, 0.1) is 11.2 Å². The maximum absolute atomic E-state index is 15.6. The average molecular weight is 902 g/mol. The lowest BCUT2D eigenvalue weighted by Gasteiger charge is -2.42. The van der Waals surface area contributed by atoms with E-state index in [9.17, 15) is 37.5 Å². The second kappa shape index (κ2) is 16.2. The minimum Gasteiger partial charge on any atom is -0.388 e. The molecule has 19 heteroatoms. The number of halogens is 1. The molecule has 3 N–H and O–H groups in total. The Kier molecular flexibility index (Phi) is 10.9. The van der Waals surface area contributed by atoms with Gasteiger partial charge in [-0.1, -0.05) is 0 Å². The van der Waals surface area contributed by atoms with E-state index in [1.807, 2.05) is 4.90 Å². The van der Waals surface area contributed by atoms with Crippen molar-refractivity contribution in [1.82, 2.24) is 34.0 Å². The van der Waals surface area contributed by atoms with Crippen molar-refractivity contribution >= 4 is 56.3 Å². The molecule has 0 bridgehead atoms. The molecule has 4 atom stereocenters. The van der Waals surface area contributed by atoms with E-state index in [1.165, 1.54) is 12.1 Å². The number of anilines is 2. The van der Waals surface area contributed by atoms with Crippen LogP contribution in [0.5, 0.6) is 0 Å². The van der Waals surface area contributed by atoms with Crippen molar-refractivity contribution in [3.05, 3.63) is 57.8 Å². The SMILES string of the molecule is C[C@@]1(O)CCCC1n1c(=O)ccc2cnc(NC3CCN(S(=O)(=O)C4CCN(C5CCC6(CCN(c7cc8c(cc7F)C(=O)N(C7CCC(=O)NC7=O)C8=O)CC6)C5)CC4)CC3)nc21. The third kappa shape index (κ3) is 7.58. The van der Waals surface area contributed by atoms with Gasteiger partial charge in [0.1, 0.15) is 17.5 Å². The summed E-state index contributed by atoms with van der Waals surface area (Å²) in [6, 6.07) is 4.56. The number of nitrogens with zero attached hydrogens (tertiary/aromatic N) is 7. The van der Waals surface area contributed by atoms with E-state index >= 15 is 4.39 Å². The number of aliphatic hydroxyl groups is 1. The fourth-order valence-electron chi connectivity index (χ4n) is 12.0. The number of likely N-dealkylation sites (tertiary alicyclic amines) is 1. The molecule has 17 nitrogen and oxygen atoms in total. The summed E-state index contributed by atoms with van der Waals surface area (Å²) in [5.74, 6) is -2.77. The summed E-state index contributed by atoms with van der Waals surface area (Å²) in [7, 11) is -3.50. The number of sulfonamides is 1. The monoisotopic (exact) mass is 901 g/mol. The lowest BCUT2D eigenvalue weighted by molar-refractivity contribution is -0.136. The van der Waals surface area contributed by atoms with Gasteiger partial charge in [0, 0.05) is 62.3 Å². The van der Waals surface area contributed by atoms with Gasteiger partial charge in [-0.2, -0.15) is 4.98 Å². The summed E-state index contributed by atoms with van der Waals surface area (Å²) in [6.07, 6.45) is 11.0. The molecule has 4 amide bonds. The number of imide groups is 2. The fraction of sp³-hybridized carbons (Fsp3) is 0.622. The molecule has 7 heterocycles. The topological polar surface area (TPSA) is 207 Å². The quantitative estimate of drug-likeness (QED) is 0.278. The maximum atomic E-state index is 15.6. The number of benzene rings is 1. The van der Waals surface area contributed by atoms with Gasteiger partial charge in [0.15, 0.2) is 0 Å². The Morgan fingerprint density at radius 2 is 1.58 bits per heavy atom. The average Bonchev–Trinajstić information content (AvgIpc) is 3.93. The van der Waals surface area contributed by atoms with Crippen molar-refractivity contribution in [1.29, 1.82) is 0 Å². The molecule has 0 radical (unpaired) electrons. The van der Waals surface area contributed by atoms with E-state index in [2.05, 4.69) is 20.5 Å². The highest BCUT2D eigenvalue weighted by atomic mass is 32.2. The fourth-order valence-corrected chi connectivity index (χ4v) is 14.0. The molecule has 10 rings (SSSR count). The number of hydrogen-bond acceptors (Lipinski definition) is 13. The molecule has 6 fully saturated rings. The van der Waals surface area contributed by atoms with E-state index in [-0.39, 0.29) is 52.7 Å². The Balaban J connectivity index is 0.706. The zero-order valence-electron chi connectivity index (χ0n) is 36.1. The number of amides is 4. The lowest BCUT2D eigenvalue weighted by atomic mass is 9.76. The van der Waals surface area contributed by atoms with Crippen LogP contribution in [0.4, 0.5) is 16.0 Å². The third-order valence-electron chi connectivity index (χ3n) is 15.8. The molecule has 1 aromatic carbocycles. The first-order valence-corrected chi connectivity index (χ1v) is 24.5. The normalized spacial score (nSPS) is 28.7. The summed E-state index contributed by atoms with van der Waals surface area (Å²) >= 11 is 0. The van der Waals surface area contributed by atoms with Crippen LogP contribution >= 0.6 is 0 Å². The number of rotatable bonds is 8. The van der Waals surface area contributed by atoms with Crippen molar-refractivity contribution in [2.45, 2.75) is 132 Å². The van der Waals surface area contributed by atoms with E-state index in [1.54, 1.807) is 28.1 Å². The van der Waals surface area contributed by atoms with Crippen LogP contribution in [0.15, 0.2) is 35.3 Å². The number of hydrogen-bond donors (Lipinski definition) is 3. The van der Waals surface area contributed by atoms with Gasteiger partial charge >= 0.3 is 0 Å². The highest BCUT2D eigenvalue weighted by molar-refractivity contribution is 7.89. The molecule has 2 saturated carbocycles.